The smallest absolute Gasteiger partial charge is 0.175 e. The van der Waals surface area contributed by atoms with Crippen molar-refractivity contribution >= 4 is 62.7 Å². The van der Waals surface area contributed by atoms with Gasteiger partial charge in [0.1, 0.15) is 39.6 Å². The zero-order chi connectivity index (χ0) is 32.4. The summed E-state index contributed by atoms with van der Waals surface area (Å²) in [5, 5.41) is 32.0. The van der Waals surface area contributed by atoms with Gasteiger partial charge in [0.2, 0.25) is 0 Å². The van der Waals surface area contributed by atoms with Crippen molar-refractivity contribution in [2.45, 2.75) is 51.3 Å². The average Bonchev–Trinajstić information content (AvgIpc) is 3.87. The van der Waals surface area contributed by atoms with Gasteiger partial charge in [-0.2, -0.15) is 15.8 Å². The summed E-state index contributed by atoms with van der Waals surface area (Å²) in [6, 6.07) is 11.9. The molecule has 5 aromatic rings. The predicted octanol–water partition coefficient (Wildman–Crippen LogP) is 7.28. The molecule has 0 saturated carbocycles. The Morgan fingerprint density at radius 2 is 1.85 bits per heavy atom. The summed E-state index contributed by atoms with van der Waals surface area (Å²) in [7, 11) is -1.16. The Labute approximate surface area is 284 Å². The van der Waals surface area contributed by atoms with Crippen molar-refractivity contribution in [3.8, 4) is 39.5 Å². The van der Waals surface area contributed by atoms with E-state index in [9.17, 15) is 15.8 Å². The second-order valence-electron chi connectivity index (χ2n) is 12.4. The first-order valence-electron chi connectivity index (χ1n) is 14.8. The first-order valence-corrected chi connectivity index (χ1v) is 21.0. The summed E-state index contributed by atoms with van der Waals surface area (Å²) in [5.74, 6) is 0.191. The summed E-state index contributed by atoms with van der Waals surface area (Å²) < 4.78 is 10.8. The molecule has 0 spiro atoms. The van der Waals surface area contributed by atoms with Crippen LogP contribution >= 0.6 is 38.6 Å². The van der Waals surface area contributed by atoms with Crippen LogP contribution in [0.2, 0.25) is 25.7 Å². The van der Waals surface area contributed by atoms with Crippen LogP contribution in [0, 0.1) is 39.9 Å². The Hall–Kier alpha value is -3.91. The normalized spacial score (nSPS) is 15.6. The molecule has 6 heterocycles. The van der Waals surface area contributed by atoms with Gasteiger partial charge >= 0.3 is 0 Å². The molecule has 46 heavy (non-hydrogen) atoms. The number of hydrogen-bond donors (Lipinski definition) is 0. The SMILES string of the molecule is C[Si](C)(C)CCOCn1ccc2c(-c3ccn(C(CC#N)C4CCN(c5sc(-c6nc(C#N)c(Br)s6)nc5C#N)C4)c3)ncnc21. The highest BCUT2D eigenvalue weighted by atomic mass is 79.9. The fourth-order valence-corrected chi connectivity index (χ4v) is 8.89. The fourth-order valence-electron chi connectivity index (χ4n) is 5.69. The van der Waals surface area contributed by atoms with E-state index in [1.54, 1.807) is 6.33 Å². The number of fused-ring (bicyclic) bond motifs is 1. The minimum Gasteiger partial charge on any atom is -0.361 e. The molecule has 0 bridgehead atoms. The van der Waals surface area contributed by atoms with Gasteiger partial charge < -0.3 is 18.8 Å². The number of hydrogen-bond acceptors (Lipinski definition) is 11. The monoisotopic (exact) mass is 730 g/mol. The van der Waals surface area contributed by atoms with E-state index in [0.29, 0.717) is 44.9 Å². The Morgan fingerprint density at radius 3 is 2.59 bits per heavy atom. The Kier molecular flexibility index (Phi) is 9.36. The van der Waals surface area contributed by atoms with Crippen molar-refractivity contribution in [1.82, 2.24) is 29.1 Å². The van der Waals surface area contributed by atoms with Gasteiger partial charge in [-0.05, 0) is 46.4 Å². The van der Waals surface area contributed by atoms with Crippen LogP contribution in [-0.2, 0) is 11.5 Å². The third-order valence-corrected chi connectivity index (χ3v) is 12.8. The van der Waals surface area contributed by atoms with Crippen molar-refractivity contribution < 1.29 is 4.74 Å². The Morgan fingerprint density at radius 1 is 1.07 bits per heavy atom. The minimum atomic E-state index is -1.16. The van der Waals surface area contributed by atoms with E-state index in [-0.39, 0.29) is 12.0 Å². The number of aromatic nitrogens is 6. The van der Waals surface area contributed by atoms with Gasteiger partial charge in [-0.3, -0.25) is 0 Å². The Balaban J connectivity index is 1.19. The van der Waals surface area contributed by atoms with Crippen molar-refractivity contribution in [2.24, 2.45) is 5.92 Å². The van der Waals surface area contributed by atoms with Crippen LogP contribution in [0.15, 0.2) is 40.8 Å². The molecule has 0 radical (unpaired) electrons. The lowest BCUT2D eigenvalue weighted by Gasteiger charge is -2.24. The number of ether oxygens (including phenoxy) is 1. The molecular weight excluding hydrogens is 701 g/mol. The van der Waals surface area contributed by atoms with E-state index in [1.165, 1.54) is 22.7 Å². The van der Waals surface area contributed by atoms with Gasteiger partial charge in [-0.25, -0.2) is 19.9 Å². The van der Waals surface area contributed by atoms with E-state index in [1.807, 2.05) is 29.1 Å². The number of nitriles is 3. The molecule has 1 fully saturated rings. The molecule has 1 aliphatic heterocycles. The van der Waals surface area contributed by atoms with Crippen LogP contribution in [0.5, 0.6) is 0 Å². The number of halogens is 1. The van der Waals surface area contributed by atoms with E-state index in [4.69, 9.17) is 4.74 Å². The molecule has 234 valence electrons. The van der Waals surface area contributed by atoms with Crippen LogP contribution in [0.1, 0.15) is 30.3 Å². The van der Waals surface area contributed by atoms with Gasteiger partial charge in [0, 0.05) is 57.3 Å². The predicted molar refractivity (Wildman–Crippen MR) is 185 cm³/mol. The summed E-state index contributed by atoms with van der Waals surface area (Å²) in [5.41, 5.74) is 3.30. The van der Waals surface area contributed by atoms with E-state index in [2.05, 4.69) is 89.4 Å². The quantitative estimate of drug-likeness (QED) is 0.101. The molecule has 0 aliphatic carbocycles. The zero-order valence-electron chi connectivity index (χ0n) is 25.6. The van der Waals surface area contributed by atoms with Crippen LogP contribution in [0.3, 0.4) is 0 Å². The third kappa shape index (κ3) is 6.63. The summed E-state index contributed by atoms with van der Waals surface area (Å²) >= 11 is 6.13. The lowest BCUT2D eigenvalue weighted by molar-refractivity contribution is 0.0899. The molecular formula is C31H31BrN10OS2Si. The van der Waals surface area contributed by atoms with Crippen molar-refractivity contribution in [2.75, 3.05) is 24.6 Å². The second-order valence-corrected chi connectivity index (χ2v) is 21.3. The first kappa shape index (κ1) is 32.0. The lowest BCUT2D eigenvalue weighted by atomic mass is 9.96. The molecule has 1 aliphatic rings. The molecule has 2 atom stereocenters. The van der Waals surface area contributed by atoms with E-state index < -0.39 is 8.07 Å². The van der Waals surface area contributed by atoms with Crippen LogP contribution in [-0.4, -0.2) is 56.8 Å². The van der Waals surface area contributed by atoms with E-state index in [0.717, 1.165) is 52.9 Å². The first-order chi connectivity index (χ1) is 22.2. The molecule has 1 saturated heterocycles. The summed E-state index contributed by atoms with van der Waals surface area (Å²) in [6.07, 6.45) is 8.93. The molecule has 2 unspecified atom stereocenters. The molecule has 0 aromatic carbocycles. The lowest BCUT2D eigenvalue weighted by Crippen LogP contribution is -2.24. The number of rotatable bonds is 11. The fraction of sp³-hybridized carbons (Fsp3) is 0.387. The minimum absolute atomic E-state index is 0.0449. The van der Waals surface area contributed by atoms with Gasteiger partial charge in [0.05, 0.1) is 24.2 Å². The number of thiazole rings is 2. The van der Waals surface area contributed by atoms with Crippen molar-refractivity contribution in [1.29, 1.82) is 15.8 Å². The highest BCUT2D eigenvalue weighted by Gasteiger charge is 2.33. The molecule has 15 heteroatoms. The molecule has 6 rings (SSSR count). The van der Waals surface area contributed by atoms with Gasteiger partial charge in [0.25, 0.3) is 0 Å². The maximum Gasteiger partial charge on any atom is 0.175 e. The maximum atomic E-state index is 9.88. The standard InChI is InChI=1S/C31H31BrN10OS2Si/c1-46(2,3)13-12-43-19-42-11-7-22-26(36-18-37-28(22)42)21-6-9-40(17-21)25(4-8-33)20-5-10-41(16-20)31-24(15-35)39-30(45-31)29-38-23(14-34)27(32)44-29/h6-7,9,11,17-18,20,25H,4-5,10,12-13,16,19H2,1-3H3. The molecule has 5 aromatic heterocycles. The van der Waals surface area contributed by atoms with Gasteiger partial charge in [-0.1, -0.05) is 31.0 Å². The van der Waals surface area contributed by atoms with Gasteiger partial charge in [-0.15, -0.1) is 11.3 Å². The highest BCUT2D eigenvalue weighted by Crippen LogP contribution is 2.42. The topological polar surface area (TPSA) is 145 Å². The summed E-state index contributed by atoms with van der Waals surface area (Å²) in [6.45, 7) is 9.66. The largest absolute Gasteiger partial charge is 0.361 e. The molecule has 0 N–H and O–H groups in total. The third-order valence-electron chi connectivity index (χ3n) is 8.10. The maximum absolute atomic E-state index is 9.88. The number of anilines is 1. The van der Waals surface area contributed by atoms with Crippen LogP contribution < -0.4 is 4.90 Å². The van der Waals surface area contributed by atoms with Crippen molar-refractivity contribution in [3.05, 3.63) is 52.2 Å². The highest BCUT2D eigenvalue weighted by molar-refractivity contribution is 9.11. The zero-order valence-corrected chi connectivity index (χ0v) is 29.9. The number of nitrogens with zero attached hydrogens (tertiary/aromatic N) is 10. The van der Waals surface area contributed by atoms with Crippen LogP contribution in [0.4, 0.5) is 5.00 Å². The van der Waals surface area contributed by atoms with Gasteiger partial charge in [0.15, 0.2) is 21.4 Å². The molecule has 0 amide bonds. The molecule has 11 nitrogen and oxygen atoms in total. The second kappa shape index (κ2) is 13.4. The van der Waals surface area contributed by atoms with E-state index >= 15 is 0 Å². The summed E-state index contributed by atoms with van der Waals surface area (Å²) in [4.78, 5) is 20.3. The Bertz CT molecular complexity index is 2000. The van der Waals surface area contributed by atoms with Crippen molar-refractivity contribution in [3.63, 3.8) is 0 Å². The van der Waals surface area contributed by atoms with Crippen LogP contribution in [0.25, 0.3) is 32.3 Å². The average molecular weight is 732 g/mol.